The Kier molecular flexibility index (Phi) is 13.0. The molecule has 6 nitrogen and oxygen atoms in total. The molecule has 0 unspecified atom stereocenters. The van der Waals surface area contributed by atoms with Crippen molar-refractivity contribution in [3.05, 3.63) is 107 Å². The third-order valence-electron chi connectivity index (χ3n) is 5.10. The van der Waals surface area contributed by atoms with Crippen LogP contribution in [-0.4, -0.2) is 34.3 Å². The Labute approximate surface area is 247 Å². The number of rotatable bonds is 3. The first kappa shape index (κ1) is 35.1. The van der Waals surface area contributed by atoms with Gasteiger partial charge in [0.25, 0.3) is 17.7 Å². The molecule has 0 bridgehead atoms. The van der Waals surface area contributed by atoms with E-state index in [4.69, 9.17) is 0 Å². The highest BCUT2D eigenvalue weighted by molar-refractivity contribution is 5.95. The van der Waals surface area contributed by atoms with Gasteiger partial charge in [0.2, 0.25) is 0 Å². The molecule has 41 heavy (non-hydrogen) atoms. The second-order valence-electron chi connectivity index (χ2n) is 13.2. The molecule has 0 spiro atoms. The van der Waals surface area contributed by atoms with Crippen LogP contribution in [-0.2, 0) is 0 Å². The number of aryl methyl sites for hydroxylation is 2. The minimum absolute atomic E-state index is 0.0128. The van der Waals surface area contributed by atoms with Crippen molar-refractivity contribution in [3.8, 4) is 0 Å². The lowest BCUT2D eigenvalue weighted by Gasteiger charge is -2.20. The zero-order valence-corrected chi connectivity index (χ0v) is 26.7. The molecule has 3 amide bonds. The first-order valence-corrected chi connectivity index (χ1v) is 13.9. The van der Waals surface area contributed by atoms with Gasteiger partial charge in [-0.1, -0.05) is 53.6 Å². The minimum atomic E-state index is -0.180. The van der Waals surface area contributed by atoms with Crippen molar-refractivity contribution < 1.29 is 14.4 Å². The van der Waals surface area contributed by atoms with Gasteiger partial charge in [0.15, 0.2) is 0 Å². The summed E-state index contributed by atoms with van der Waals surface area (Å²) >= 11 is 0. The van der Waals surface area contributed by atoms with E-state index in [1.165, 1.54) is 0 Å². The zero-order chi connectivity index (χ0) is 31.4. The van der Waals surface area contributed by atoms with E-state index in [0.29, 0.717) is 11.1 Å². The minimum Gasteiger partial charge on any atom is -0.347 e. The number of hydrogen-bond donors (Lipinski definition) is 3. The Balaban J connectivity index is 0.000000308. The maximum absolute atomic E-state index is 11.7. The van der Waals surface area contributed by atoms with E-state index in [9.17, 15) is 14.4 Å². The highest BCUT2D eigenvalue weighted by Gasteiger charge is 2.16. The van der Waals surface area contributed by atoms with Crippen molar-refractivity contribution in [1.82, 2.24) is 16.0 Å². The predicted molar refractivity (Wildman–Crippen MR) is 170 cm³/mol. The summed E-state index contributed by atoms with van der Waals surface area (Å²) in [6.07, 6.45) is 0. The van der Waals surface area contributed by atoms with Crippen LogP contribution in [0.25, 0.3) is 0 Å². The summed E-state index contributed by atoms with van der Waals surface area (Å²) < 4.78 is 0. The van der Waals surface area contributed by atoms with Crippen LogP contribution in [0.1, 0.15) is 105 Å². The number of hydrogen-bond acceptors (Lipinski definition) is 3. The van der Waals surface area contributed by atoms with Gasteiger partial charge in [-0.3, -0.25) is 14.4 Å². The highest BCUT2D eigenvalue weighted by atomic mass is 16.2. The molecular formula is C35H49N3O3. The molecule has 0 aliphatic heterocycles. The van der Waals surface area contributed by atoms with Gasteiger partial charge in [-0.05, 0) is 113 Å². The predicted octanol–water partition coefficient (Wildman–Crippen LogP) is 7.26. The van der Waals surface area contributed by atoms with Gasteiger partial charge >= 0.3 is 0 Å². The van der Waals surface area contributed by atoms with Crippen LogP contribution >= 0.6 is 0 Å². The lowest BCUT2D eigenvalue weighted by atomic mass is 10.1. The molecule has 222 valence electrons. The van der Waals surface area contributed by atoms with Crippen LogP contribution in [0.5, 0.6) is 0 Å². The second kappa shape index (κ2) is 15.2. The van der Waals surface area contributed by atoms with E-state index in [-0.39, 0.29) is 34.3 Å². The number of amides is 3. The van der Waals surface area contributed by atoms with Gasteiger partial charge < -0.3 is 16.0 Å². The van der Waals surface area contributed by atoms with Crippen molar-refractivity contribution in [2.45, 2.75) is 92.8 Å². The molecule has 0 saturated heterocycles. The van der Waals surface area contributed by atoms with Gasteiger partial charge in [-0.25, -0.2) is 0 Å². The molecule has 0 fully saturated rings. The maximum Gasteiger partial charge on any atom is 0.251 e. The van der Waals surface area contributed by atoms with E-state index in [2.05, 4.69) is 16.0 Å². The van der Waals surface area contributed by atoms with Crippen molar-refractivity contribution in [3.63, 3.8) is 0 Å². The smallest absolute Gasteiger partial charge is 0.251 e. The maximum atomic E-state index is 11.7. The topological polar surface area (TPSA) is 87.3 Å². The van der Waals surface area contributed by atoms with Crippen molar-refractivity contribution in [1.29, 1.82) is 0 Å². The lowest BCUT2D eigenvalue weighted by Crippen LogP contribution is -2.40. The Morgan fingerprint density at radius 3 is 1.20 bits per heavy atom. The van der Waals surface area contributed by atoms with Crippen LogP contribution in [0.4, 0.5) is 0 Å². The summed E-state index contributed by atoms with van der Waals surface area (Å²) in [5.74, 6) is -0.0493. The van der Waals surface area contributed by atoms with Crippen LogP contribution in [0.2, 0.25) is 0 Å². The van der Waals surface area contributed by atoms with Crippen molar-refractivity contribution in [2.24, 2.45) is 0 Å². The monoisotopic (exact) mass is 559 g/mol. The normalized spacial score (nSPS) is 11.1. The van der Waals surface area contributed by atoms with Crippen LogP contribution < -0.4 is 16.0 Å². The Hall–Kier alpha value is -3.93. The molecule has 0 heterocycles. The third kappa shape index (κ3) is 16.1. The Morgan fingerprint density at radius 2 is 0.805 bits per heavy atom. The Morgan fingerprint density at radius 1 is 0.439 bits per heavy atom. The number of carbonyl (C=O) groups excluding carboxylic acids is 3. The fourth-order valence-corrected chi connectivity index (χ4v) is 3.32. The van der Waals surface area contributed by atoms with E-state index >= 15 is 0 Å². The number of carbonyl (C=O) groups is 3. The summed E-state index contributed by atoms with van der Waals surface area (Å²) in [6, 6.07) is 24.4. The van der Waals surface area contributed by atoms with Gasteiger partial charge in [0, 0.05) is 33.3 Å². The first-order valence-electron chi connectivity index (χ1n) is 13.9. The molecule has 3 rings (SSSR count). The summed E-state index contributed by atoms with van der Waals surface area (Å²) in [6.45, 7) is 21.7. The van der Waals surface area contributed by atoms with Crippen molar-refractivity contribution in [2.75, 3.05) is 0 Å². The third-order valence-corrected chi connectivity index (χ3v) is 5.10. The van der Waals surface area contributed by atoms with Crippen LogP contribution in [0.3, 0.4) is 0 Å². The summed E-state index contributed by atoms with van der Waals surface area (Å²) in [5.41, 5.74) is 3.88. The average molecular weight is 560 g/mol. The Bertz CT molecular complexity index is 1260. The van der Waals surface area contributed by atoms with E-state index in [1.807, 2.05) is 143 Å². The number of benzene rings is 3. The molecule has 0 aliphatic rings. The van der Waals surface area contributed by atoms with E-state index < -0.39 is 0 Å². The van der Waals surface area contributed by atoms with Crippen LogP contribution in [0, 0.1) is 13.8 Å². The SMILES string of the molecule is CC(C)(C)NC(=O)c1ccccc1.Cc1ccc(C(=O)NC(C)(C)C)cc1.Cc1cccc(C(=O)NC(C)(C)C)c1. The molecule has 0 aromatic heterocycles. The van der Waals surface area contributed by atoms with E-state index in [0.717, 1.165) is 16.7 Å². The van der Waals surface area contributed by atoms with Gasteiger partial charge in [0.1, 0.15) is 0 Å². The molecule has 0 aliphatic carbocycles. The molecule has 0 atom stereocenters. The lowest BCUT2D eigenvalue weighted by molar-refractivity contribution is 0.0910. The van der Waals surface area contributed by atoms with Crippen LogP contribution in [0.15, 0.2) is 78.9 Å². The average Bonchev–Trinajstić information content (AvgIpc) is 2.83. The zero-order valence-electron chi connectivity index (χ0n) is 26.7. The summed E-state index contributed by atoms with van der Waals surface area (Å²) in [7, 11) is 0. The molecule has 0 saturated carbocycles. The largest absolute Gasteiger partial charge is 0.347 e. The molecule has 6 heteroatoms. The molecule has 0 radical (unpaired) electrons. The summed E-state index contributed by atoms with van der Waals surface area (Å²) in [5, 5.41) is 8.74. The molecule has 3 aromatic carbocycles. The molecule has 3 N–H and O–H groups in total. The number of nitrogens with one attached hydrogen (secondary N) is 3. The van der Waals surface area contributed by atoms with Gasteiger partial charge in [0.05, 0.1) is 0 Å². The quantitative estimate of drug-likeness (QED) is 0.316. The van der Waals surface area contributed by atoms with E-state index in [1.54, 1.807) is 12.1 Å². The fraction of sp³-hybridized carbons (Fsp3) is 0.400. The fourth-order valence-electron chi connectivity index (χ4n) is 3.32. The standard InChI is InChI=1S/2C12H17NO.C11H15NO/c1-9-5-7-10(8-6-9)11(14)13-12(2,3)4;1-9-6-5-7-10(8-9)11(14)13-12(2,3)4;1-11(2,3)12-10(13)9-7-5-4-6-8-9/h2*5-8H,1-4H3,(H,13,14);4-8H,1-3H3,(H,12,13). The van der Waals surface area contributed by atoms with Gasteiger partial charge in [-0.2, -0.15) is 0 Å². The molecule has 3 aromatic rings. The second-order valence-corrected chi connectivity index (χ2v) is 13.2. The van der Waals surface area contributed by atoms with Gasteiger partial charge in [-0.15, -0.1) is 0 Å². The summed E-state index contributed by atoms with van der Waals surface area (Å²) in [4.78, 5) is 34.9. The van der Waals surface area contributed by atoms with Crippen molar-refractivity contribution >= 4 is 17.7 Å². The highest BCUT2D eigenvalue weighted by Crippen LogP contribution is 2.08. The first-order chi connectivity index (χ1) is 18.8. The molecular weight excluding hydrogens is 510 g/mol.